The van der Waals surface area contributed by atoms with Gasteiger partial charge in [0.05, 0.1) is 12.2 Å². The van der Waals surface area contributed by atoms with Gasteiger partial charge in [-0.25, -0.2) is 0 Å². The molecule has 0 atom stereocenters. The minimum atomic E-state index is 0.0754. The zero-order chi connectivity index (χ0) is 12.3. The second kappa shape index (κ2) is 5.21. The molecule has 3 heteroatoms. The molecule has 0 unspecified atom stereocenters. The second-order valence-corrected chi connectivity index (χ2v) is 4.87. The molecule has 1 aliphatic rings. The third-order valence-corrected chi connectivity index (χ3v) is 3.38. The standard InChI is InChI=1S/C14H20N2O/c1-10-6-7-12(14(15)16)13(8-10)17-9-11-4-2-3-5-11/h6-8,11H,2-5,9H2,1H3,(H3,15,16). The van der Waals surface area contributed by atoms with E-state index in [1.807, 2.05) is 25.1 Å². The van der Waals surface area contributed by atoms with E-state index in [-0.39, 0.29) is 5.84 Å². The molecule has 0 amide bonds. The molecule has 1 fully saturated rings. The van der Waals surface area contributed by atoms with Gasteiger partial charge in [0.2, 0.25) is 0 Å². The molecular formula is C14H20N2O. The highest BCUT2D eigenvalue weighted by atomic mass is 16.5. The number of hydrogen-bond donors (Lipinski definition) is 2. The maximum absolute atomic E-state index is 7.53. The minimum Gasteiger partial charge on any atom is -0.493 e. The molecule has 2 rings (SSSR count). The lowest BCUT2D eigenvalue weighted by Gasteiger charge is -2.14. The lowest BCUT2D eigenvalue weighted by molar-refractivity contribution is 0.251. The van der Waals surface area contributed by atoms with Crippen LogP contribution in [0, 0.1) is 18.3 Å². The molecule has 0 aromatic heterocycles. The third kappa shape index (κ3) is 2.99. The number of nitrogen functional groups attached to an aromatic ring is 1. The molecule has 1 aliphatic carbocycles. The average molecular weight is 232 g/mol. The highest BCUT2D eigenvalue weighted by Crippen LogP contribution is 2.27. The van der Waals surface area contributed by atoms with E-state index in [1.165, 1.54) is 25.7 Å². The largest absolute Gasteiger partial charge is 0.493 e. The van der Waals surface area contributed by atoms with Crippen LogP contribution in [0.25, 0.3) is 0 Å². The summed E-state index contributed by atoms with van der Waals surface area (Å²) in [5, 5.41) is 7.53. The predicted molar refractivity (Wildman–Crippen MR) is 69.6 cm³/mol. The fourth-order valence-electron chi connectivity index (χ4n) is 2.36. The van der Waals surface area contributed by atoms with Crippen LogP contribution < -0.4 is 10.5 Å². The Morgan fingerprint density at radius 2 is 2.12 bits per heavy atom. The Hall–Kier alpha value is -1.51. The quantitative estimate of drug-likeness (QED) is 0.619. The number of aryl methyl sites for hydroxylation is 1. The van der Waals surface area contributed by atoms with E-state index in [0.717, 1.165) is 17.9 Å². The van der Waals surface area contributed by atoms with Crippen molar-refractivity contribution in [1.29, 1.82) is 5.41 Å². The molecule has 0 saturated heterocycles. The average Bonchev–Trinajstić information content (AvgIpc) is 2.78. The van der Waals surface area contributed by atoms with Gasteiger partial charge in [-0.3, -0.25) is 5.41 Å². The Balaban J connectivity index is 2.07. The molecule has 92 valence electrons. The summed E-state index contributed by atoms with van der Waals surface area (Å²) in [6, 6.07) is 5.78. The van der Waals surface area contributed by atoms with E-state index in [2.05, 4.69) is 0 Å². The summed E-state index contributed by atoms with van der Waals surface area (Å²) in [6.45, 7) is 2.77. The number of rotatable bonds is 4. The second-order valence-electron chi connectivity index (χ2n) is 4.87. The zero-order valence-corrected chi connectivity index (χ0v) is 10.3. The van der Waals surface area contributed by atoms with Crippen LogP contribution in [-0.4, -0.2) is 12.4 Å². The molecule has 0 radical (unpaired) electrons. The first kappa shape index (κ1) is 12.0. The van der Waals surface area contributed by atoms with Crippen molar-refractivity contribution in [2.24, 2.45) is 11.7 Å². The van der Waals surface area contributed by atoms with Gasteiger partial charge < -0.3 is 10.5 Å². The van der Waals surface area contributed by atoms with Gasteiger partial charge in [0, 0.05) is 0 Å². The minimum absolute atomic E-state index is 0.0754. The monoisotopic (exact) mass is 232 g/mol. The number of hydrogen-bond acceptors (Lipinski definition) is 2. The summed E-state index contributed by atoms with van der Waals surface area (Å²) in [4.78, 5) is 0. The number of amidine groups is 1. The summed E-state index contributed by atoms with van der Waals surface area (Å²) >= 11 is 0. The van der Waals surface area contributed by atoms with E-state index in [9.17, 15) is 0 Å². The van der Waals surface area contributed by atoms with E-state index >= 15 is 0 Å². The Morgan fingerprint density at radius 3 is 2.76 bits per heavy atom. The van der Waals surface area contributed by atoms with Crippen molar-refractivity contribution in [3.8, 4) is 5.75 Å². The molecular weight excluding hydrogens is 212 g/mol. The highest BCUT2D eigenvalue weighted by molar-refractivity contribution is 5.97. The van der Waals surface area contributed by atoms with Gasteiger partial charge in [0.1, 0.15) is 11.6 Å². The number of nitrogens with two attached hydrogens (primary N) is 1. The van der Waals surface area contributed by atoms with Gasteiger partial charge in [0.25, 0.3) is 0 Å². The lowest BCUT2D eigenvalue weighted by Crippen LogP contribution is -2.15. The van der Waals surface area contributed by atoms with Crippen molar-refractivity contribution in [2.45, 2.75) is 32.6 Å². The van der Waals surface area contributed by atoms with Gasteiger partial charge >= 0.3 is 0 Å². The first-order chi connectivity index (χ1) is 8.16. The summed E-state index contributed by atoms with van der Waals surface area (Å²) in [7, 11) is 0. The van der Waals surface area contributed by atoms with Crippen molar-refractivity contribution in [2.75, 3.05) is 6.61 Å². The number of nitrogens with one attached hydrogen (secondary N) is 1. The van der Waals surface area contributed by atoms with Gasteiger partial charge in [-0.15, -0.1) is 0 Å². The molecule has 17 heavy (non-hydrogen) atoms. The van der Waals surface area contributed by atoms with Crippen LogP contribution in [0.3, 0.4) is 0 Å². The van der Waals surface area contributed by atoms with Crippen molar-refractivity contribution in [3.05, 3.63) is 29.3 Å². The van der Waals surface area contributed by atoms with Crippen LogP contribution in [0.4, 0.5) is 0 Å². The van der Waals surface area contributed by atoms with Crippen LogP contribution >= 0.6 is 0 Å². The maximum Gasteiger partial charge on any atom is 0.130 e. The van der Waals surface area contributed by atoms with E-state index < -0.39 is 0 Å². The van der Waals surface area contributed by atoms with Crippen LogP contribution in [0.15, 0.2) is 18.2 Å². The topological polar surface area (TPSA) is 59.1 Å². The zero-order valence-electron chi connectivity index (χ0n) is 10.3. The van der Waals surface area contributed by atoms with Crippen LogP contribution in [0.5, 0.6) is 5.75 Å². The Labute approximate surface area is 102 Å². The fraction of sp³-hybridized carbons (Fsp3) is 0.500. The summed E-state index contributed by atoms with van der Waals surface area (Å²) in [5.74, 6) is 1.51. The third-order valence-electron chi connectivity index (χ3n) is 3.38. The molecule has 0 heterocycles. The van der Waals surface area contributed by atoms with E-state index in [4.69, 9.17) is 15.9 Å². The van der Waals surface area contributed by atoms with Crippen LogP contribution in [-0.2, 0) is 0 Å². The normalized spacial score (nSPS) is 16.1. The molecule has 0 spiro atoms. The van der Waals surface area contributed by atoms with Gasteiger partial charge in [-0.2, -0.15) is 0 Å². The van der Waals surface area contributed by atoms with Crippen molar-refractivity contribution >= 4 is 5.84 Å². The van der Waals surface area contributed by atoms with Crippen LogP contribution in [0.2, 0.25) is 0 Å². The van der Waals surface area contributed by atoms with Crippen molar-refractivity contribution in [1.82, 2.24) is 0 Å². The highest BCUT2D eigenvalue weighted by Gasteiger charge is 2.16. The Kier molecular flexibility index (Phi) is 3.67. The van der Waals surface area contributed by atoms with Gasteiger partial charge in [-0.05, 0) is 43.4 Å². The molecule has 0 aliphatic heterocycles. The maximum atomic E-state index is 7.53. The Morgan fingerprint density at radius 1 is 1.41 bits per heavy atom. The lowest BCUT2D eigenvalue weighted by atomic mass is 10.1. The number of benzene rings is 1. The SMILES string of the molecule is Cc1ccc(C(=N)N)c(OCC2CCCC2)c1. The predicted octanol–water partition coefficient (Wildman–Crippen LogP) is 2.85. The van der Waals surface area contributed by atoms with Crippen LogP contribution in [0.1, 0.15) is 36.8 Å². The van der Waals surface area contributed by atoms with Gasteiger partial charge in [-0.1, -0.05) is 18.9 Å². The summed E-state index contributed by atoms with van der Waals surface area (Å²) in [5.41, 5.74) is 7.39. The molecule has 1 aromatic rings. The van der Waals surface area contributed by atoms with Crippen molar-refractivity contribution in [3.63, 3.8) is 0 Å². The number of ether oxygens (including phenoxy) is 1. The fourth-order valence-corrected chi connectivity index (χ4v) is 2.36. The Bertz CT molecular complexity index is 409. The van der Waals surface area contributed by atoms with Gasteiger partial charge in [0.15, 0.2) is 0 Å². The molecule has 3 N–H and O–H groups in total. The first-order valence-corrected chi connectivity index (χ1v) is 6.24. The molecule has 1 aromatic carbocycles. The van der Waals surface area contributed by atoms with E-state index in [0.29, 0.717) is 11.5 Å². The summed E-state index contributed by atoms with van der Waals surface area (Å²) in [6.07, 6.45) is 5.17. The smallest absolute Gasteiger partial charge is 0.130 e. The molecule has 1 saturated carbocycles. The summed E-state index contributed by atoms with van der Waals surface area (Å²) < 4.78 is 5.84. The van der Waals surface area contributed by atoms with E-state index in [1.54, 1.807) is 0 Å². The first-order valence-electron chi connectivity index (χ1n) is 6.24. The van der Waals surface area contributed by atoms with Crippen molar-refractivity contribution < 1.29 is 4.74 Å². The molecule has 0 bridgehead atoms. The molecule has 3 nitrogen and oxygen atoms in total.